The molecule has 0 aliphatic heterocycles. The molecule has 120 valence electrons. The summed E-state index contributed by atoms with van der Waals surface area (Å²) in [7, 11) is -3.37. The van der Waals surface area contributed by atoms with Crippen molar-refractivity contribution in [3.63, 3.8) is 0 Å². The minimum absolute atomic E-state index is 0.386. The normalized spacial score (nSPS) is 11.8. The monoisotopic (exact) mass is 312 g/mol. The molecule has 0 amide bonds. The van der Waals surface area contributed by atoms with Gasteiger partial charge in [-0.2, -0.15) is 4.31 Å². The quantitative estimate of drug-likeness (QED) is 0.716. The van der Waals surface area contributed by atoms with E-state index in [4.69, 9.17) is 0 Å². The summed E-state index contributed by atoms with van der Waals surface area (Å²) in [6.07, 6.45) is 3.80. The molecule has 21 heavy (non-hydrogen) atoms. The molecule has 0 radical (unpaired) electrons. The Morgan fingerprint density at radius 2 is 1.48 bits per heavy atom. The first-order valence-electron chi connectivity index (χ1n) is 7.90. The fraction of sp³-hybridized carbons (Fsp3) is 0.625. The Labute approximate surface area is 129 Å². The molecule has 5 heteroatoms. The Morgan fingerprint density at radius 3 is 1.90 bits per heavy atom. The van der Waals surface area contributed by atoms with Crippen LogP contribution >= 0.6 is 0 Å². The summed E-state index contributed by atoms with van der Waals surface area (Å²) in [6, 6.07) is 7.04. The van der Waals surface area contributed by atoms with Crippen molar-refractivity contribution in [2.24, 2.45) is 0 Å². The van der Waals surface area contributed by atoms with Crippen LogP contribution in [0.2, 0.25) is 0 Å². The number of unbranched alkanes of at least 4 members (excludes halogenated alkanes) is 2. The lowest BCUT2D eigenvalue weighted by molar-refractivity contribution is 0.395. The van der Waals surface area contributed by atoms with E-state index in [1.807, 2.05) is 19.1 Å². The Kier molecular flexibility index (Phi) is 7.75. The van der Waals surface area contributed by atoms with Gasteiger partial charge in [-0.15, -0.1) is 0 Å². The Bertz CT molecular complexity index is 490. The zero-order valence-electron chi connectivity index (χ0n) is 13.4. The van der Waals surface area contributed by atoms with E-state index in [1.54, 1.807) is 16.4 Å². The first-order chi connectivity index (χ1) is 10.1. The largest absolute Gasteiger partial charge is 0.385 e. The highest BCUT2D eigenvalue weighted by Gasteiger charge is 2.23. The van der Waals surface area contributed by atoms with Crippen LogP contribution in [-0.4, -0.2) is 32.4 Å². The fourth-order valence-corrected chi connectivity index (χ4v) is 3.64. The molecule has 0 aromatic heterocycles. The number of sulfonamides is 1. The van der Waals surface area contributed by atoms with Gasteiger partial charge in [0, 0.05) is 25.3 Å². The molecule has 1 aromatic rings. The van der Waals surface area contributed by atoms with Crippen molar-refractivity contribution in [1.29, 1.82) is 0 Å². The summed E-state index contributed by atoms with van der Waals surface area (Å²) in [5.41, 5.74) is 0.949. The van der Waals surface area contributed by atoms with Crippen LogP contribution in [0.15, 0.2) is 29.2 Å². The van der Waals surface area contributed by atoms with Crippen LogP contribution in [0.25, 0.3) is 0 Å². The number of rotatable bonds is 10. The summed E-state index contributed by atoms with van der Waals surface area (Å²) < 4.78 is 27.1. The second-order valence-electron chi connectivity index (χ2n) is 5.17. The summed E-state index contributed by atoms with van der Waals surface area (Å²) >= 11 is 0. The van der Waals surface area contributed by atoms with Gasteiger partial charge in [0.15, 0.2) is 0 Å². The predicted molar refractivity (Wildman–Crippen MR) is 89.2 cm³/mol. The van der Waals surface area contributed by atoms with Crippen LogP contribution in [0.5, 0.6) is 0 Å². The molecule has 1 N–H and O–H groups in total. The third kappa shape index (κ3) is 5.32. The van der Waals surface area contributed by atoms with Crippen LogP contribution in [-0.2, 0) is 10.0 Å². The van der Waals surface area contributed by atoms with E-state index in [1.165, 1.54) is 0 Å². The zero-order chi connectivity index (χ0) is 15.7. The highest BCUT2D eigenvalue weighted by atomic mass is 32.2. The summed E-state index contributed by atoms with van der Waals surface area (Å²) in [4.78, 5) is 0.386. The van der Waals surface area contributed by atoms with E-state index in [0.717, 1.165) is 37.9 Å². The molecule has 0 bridgehead atoms. The van der Waals surface area contributed by atoms with Crippen molar-refractivity contribution < 1.29 is 8.42 Å². The fourth-order valence-electron chi connectivity index (χ4n) is 2.12. The first kappa shape index (κ1) is 18.0. The third-order valence-corrected chi connectivity index (χ3v) is 5.31. The molecule has 0 aliphatic rings. The number of nitrogens with one attached hydrogen (secondary N) is 1. The van der Waals surface area contributed by atoms with Gasteiger partial charge in [-0.1, -0.05) is 26.7 Å². The molecule has 0 fully saturated rings. The SMILES string of the molecule is CCCCN(CCCC)S(=O)(=O)c1ccc(NCC)cc1. The van der Waals surface area contributed by atoms with Crippen molar-refractivity contribution >= 4 is 15.7 Å². The second kappa shape index (κ2) is 9.05. The van der Waals surface area contributed by atoms with Gasteiger partial charge in [-0.05, 0) is 44.0 Å². The van der Waals surface area contributed by atoms with Gasteiger partial charge in [-0.25, -0.2) is 8.42 Å². The van der Waals surface area contributed by atoms with Gasteiger partial charge >= 0.3 is 0 Å². The molecule has 0 saturated carbocycles. The van der Waals surface area contributed by atoms with Crippen LogP contribution in [0, 0.1) is 0 Å². The van der Waals surface area contributed by atoms with E-state index < -0.39 is 10.0 Å². The maximum absolute atomic E-state index is 12.7. The lowest BCUT2D eigenvalue weighted by atomic mass is 10.3. The van der Waals surface area contributed by atoms with Gasteiger partial charge in [0.2, 0.25) is 10.0 Å². The van der Waals surface area contributed by atoms with Crippen molar-refractivity contribution in [3.8, 4) is 0 Å². The van der Waals surface area contributed by atoms with Gasteiger partial charge in [0.25, 0.3) is 0 Å². The Morgan fingerprint density at radius 1 is 0.952 bits per heavy atom. The molecule has 0 unspecified atom stereocenters. The molecular weight excluding hydrogens is 284 g/mol. The van der Waals surface area contributed by atoms with Crippen molar-refractivity contribution in [2.75, 3.05) is 25.0 Å². The Hall–Kier alpha value is -1.07. The average molecular weight is 312 g/mol. The minimum Gasteiger partial charge on any atom is -0.385 e. The van der Waals surface area contributed by atoms with Gasteiger partial charge in [0.05, 0.1) is 4.90 Å². The second-order valence-corrected chi connectivity index (χ2v) is 7.10. The number of hydrogen-bond acceptors (Lipinski definition) is 3. The standard InChI is InChI=1S/C16H28N2O2S/c1-4-7-13-18(14-8-5-2)21(19,20)16-11-9-15(10-12-16)17-6-3/h9-12,17H,4-8,13-14H2,1-3H3. The highest BCUT2D eigenvalue weighted by Crippen LogP contribution is 2.19. The van der Waals surface area contributed by atoms with Crippen LogP contribution in [0.3, 0.4) is 0 Å². The van der Waals surface area contributed by atoms with Crippen LogP contribution in [0.4, 0.5) is 5.69 Å². The molecule has 4 nitrogen and oxygen atoms in total. The van der Waals surface area contributed by atoms with E-state index in [-0.39, 0.29) is 0 Å². The Balaban J connectivity index is 2.92. The number of hydrogen-bond donors (Lipinski definition) is 1. The molecule has 0 heterocycles. The van der Waals surface area contributed by atoms with E-state index in [0.29, 0.717) is 18.0 Å². The number of nitrogens with zero attached hydrogens (tertiary/aromatic N) is 1. The van der Waals surface area contributed by atoms with Crippen LogP contribution in [0.1, 0.15) is 46.5 Å². The molecule has 0 spiro atoms. The highest BCUT2D eigenvalue weighted by molar-refractivity contribution is 7.89. The molecule has 1 rings (SSSR count). The number of benzene rings is 1. The zero-order valence-corrected chi connectivity index (χ0v) is 14.2. The minimum atomic E-state index is -3.37. The summed E-state index contributed by atoms with van der Waals surface area (Å²) in [6.45, 7) is 8.21. The van der Waals surface area contributed by atoms with E-state index in [2.05, 4.69) is 19.2 Å². The maximum atomic E-state index is 12.7. The van der Waals surface area contributed by atoms with Gasteiger partial charge in [-0.3, -0.25) is 0 Å². The van der Waals surface area contributed by atoms with Crippen LogP contribution < -0.4 is 5.32 Å². The summed E-state index contributed by atoms with van der Waals surface area (Å²) in [5.74, 6) is 0. The van der Waals surface area contributed by atoms with Gasteiger partial charge in [0.1, 0.15) is 0 Å². The molecule has 0 atom stereocenters. The van der Waals surface area contributed by atoms with E-state index >= 15 is 0 Å². The predicted octanol–water partition coefficient (Wildman–Crippen LogP) is 3.71. The topological polar surface area (TPSA) is 49.4 Å². The molecular formula is C16H28N2O2S. The van der Waals surface area contributed by atoms with E-state index in [9.17, 15) is 8.42 Å². The smallest absolute Gasteiger partial charge is 0.243 e. The van der Waals surface area contributed by atoms with Gasteiger partial charge < -0.3 is 5.32 Å². The molecule has 0 saturated heterocycles. The maximum Gasteiger partial charge on any atom is 0.243 e. The first-order valence-corrected chi connectivity index (χ1v) is 9.34. The average Bonchev–Trinajstić information content (AvgIpc) is 2.48. The molecule has 1 aromatic carbocycles. The lowest BCUT2D eigenvalue weighted by Gasteiger charge is -2.22. The van der Waals surface area contributed by atoms with Crippen molar-refractivity contribution in [2.45, 2.75) is 51.3 Å². The third-order valence-electron chi connectivity index (χ3n) is 3.40. The number of anilines is 1. The molecule has 0 aliphatic carbocycles. The summed E-state index contributed by atoms with van der Waals surface area (Å²) in [5, 5.41) is 3.18. The lowest BCUT2D eigenvalue weighted by Crippen LogP contribution is -2.33. The van der Waals surface area contributed by atoms with Crippen molar-refractivity contribution in [3.05, 3.63) is 24.3 Å². The van der Waals surface area contributed by atoms with Crippen molar-refractivity contribution in [1.82, 2.24) is 4.31 Å².